The Morgan fingerprint density at radius 3 is 2.36 bits per heavy atom. The zero-order valence-corrected chi connectivity index (χ0v) is 19.8. The molecule has 0 bridgehead atoms. The number of nitrogens with one attached hydrogen (secondary N) is 1. The second-order valence-electron chi connectivity index (χ2n) is 9.72. The van der Waals surface area contributed by atoms with E-state index in [4.69, 9.17) is 9.47 Å². The molecular weight excluding hydrogens is 422 g/mol. The molecule has 8 heteroatoms. The molecule has 0 spiro atoms. The maximum atomic E-state index is 13.0. The molecule has 8 nitrogen and oxygen atoms in total. The Hall–Kier alpha value is -3.03. The van der Waals surface area contributed by atoms with Gasteiger partial charge in [0.2, 0.25) is 5.91 Å². The highest BCUT2D eigenvalue weighted by molar-refractivity contribution is 5.86. The Kier molecular flexibility index (Phi) is 8.00. The largest absolute Gasteiger partial charge is 0.445 e. The third kappa shape index (κ3) is 7.23. The predicted octanol–water partition coefficient (Wildman–Crippen LogP) is 3.86. The lowest BCUT2D eigenvalue weighted by Gasteiger charge is -2.38. The van der Waals surface area contributed by atoms with Gasteiger partial charge in [0.15, 0.2) is 0 Å². The highest BCUT2D eigenvalue weighted by atomic mass is 16.6. The molecule has 1 atom stereocenters. The number of nitrogens with zero attached hydrogens (tertiary/aromatic N) is 2. The van der Waals surface area contributed by atoms with Crippen molar-refractivity contribution in [2.24, 2.45) is 0 Å². The first-order valence-electron chi connectivity index (χ1n) is 11.5. The van der Waals surface area contributed by atoms with Crippen molar-refractivity contribution in [2.75, 3.05) is 19.6 Å². The number of hydrogen-bond acceptors (Lipinski definition) is 5. The van der Waals surface area contributed by atoms with Crippen molar-refractivity contribution in [2.45, 2.75) is 70.7 Å². The minimum absolute atomic E-state index is 0.0544. The van der Waals surface area contributed by atoms with Gasteiger partial charge in [0, 0.05) is 25.7 Å². The summed E-state index contributed by atoms with van der Waals surface area (Å²) in [5.41, 5.74) is 1.21. The fraction of sp³-hybridized carbons (Fsp3) is 0.560. The molecule has 3 amide bonds. The fourth-order valence-corrected chi connectivity index (χ4v) is 4.03. The van der Waals surface area contributed by atoms with E-state index in [0.29, 0.717) is 45.3 Å². The Bertz CT molecular complexity index is 857. The first-order valence-corrected chi connectivity index (χ1v) is 11.5. The second-order valence-corrected chi connectivity index (χ2v) is 9.72. The molecule has 0 saturated carbocycles. The molecule has 0 radical (unpaired) electrons. The number of carbonyl (C=O) groups excluding carboxylic acids is 3. The van der Waals surface area contributed by atoms with Crippen LogP contribution in [0.2, 0.25) is 0 Å². The van der Waals surface area contributed by atoms with Crippen molar-refractivity contribution in [1.29, 1.82) is 0 Å². The lowest BCUT2D eigenvalue weighted by molar-refractivity contribution is -0.128. The van der Waals surface area contributed by atoms with Crippen LogP contribution in [0.15, 0.2) is 42.5 Å². The van der Waals surface area contributed by atoms with Gasteiger partial charge in [0.25, 0.3) is 0 Å². The Morgan fingerprint density at radius 2 is 1.73 bits per heavy atom. The normalized spacial score (nSPS) is 19.7. The van der Waals surface area contributed by atoms with Gasteiger partial charge >= 0.3 is 12.2 Å². The van der Waals surface area contributed by atoms with Gasteiger partial charge in [0.05, 0.1) is 0 Å². The first-order chi connectivity index (χ1) is 15.6. The number of ether oxygens (including phenoxy) is 2. The van der Waals surface area contributed by atoms with Crippen LogP contribution in [0.3, 0.4) is 0 Å². The molecule has 0 unspecified atom stereocenters. The van der Waals surface area contributed by atoms with Gasteiger partial charge < -0.3 is 19.7 Å². The quantitative estimate of drug-likeness (QED) is 0.694. The Balaban J connectivity index is 1.48. The predicted molar refractivity (Wildman–Crippen MR) is 124 cm³/mol. The van der Waals surface area contributed by atoms with Crippen LogP contribution >= 0.6 is 0 Å². The van der Waals surface area contributed by atoms with E-state index < -0.39 is 17.7 Å². The molecule has 1 N–H and O–H groups in total. The molecule has 2 saturated heterocycles. The number of carbonyl (C=O) groups is 3. The summed E-state index contributed by atoms with van der Waals surface area (Å²) in [6.07, 6.45) is 1.65. The van der Waals surface area contributed by atoms with E-state index in [-0.39, 0.29) is 24.6 Å². The number of piperidine rings is 2. The topological polar surface area (TPSA) is 88.2 Å². The van der Waals surface area contributed by atoms with E-state index >= 15 is 0 Å². The highest BCUT2D eigenvalue weighted by Crippen LogP contribution is 2.24. The number of rotatable bonds is 4. The molecular formula is C25H35N3O5. The summed E-state index contributed by atoms with van der Waals surface area (Å²) in [4.78, 5) is 41.2. The molecule has 2 aliphatic heterocycles. The van der Waals surface area contributed by atoms with E-state index in [0.717, 1.165) is 11.1 Å². The fourth-order valence-electron chi connectivity index (χ4n) is 4.03. The van der Waals surface area contributed by atoms with Gasteiger partial charge in [-0.15, -0.1) is 0 Å². The van der Waals surface area contributed by atoms with Crippen molar-refractivity contribution in [3.8, 4) is 0 Å². The average molecular weight is 458 g/mol. The lowest BCUT2D eigenvalue weighted by Crippen LogP contribution is -2.56. The van der Waals surface area contributed by atoms with Crippen LogP contribution in [0.5, 0.6) is 0 Å². The van der Waals surface area contributed by atoms with Gasteiger partial charge in [-0.3, -0.25) is 9.69 Å². The average Bonchev–Trinajstić information content (AvgIpc) is 2.77. The molecule has 180 valence electrons. The first kappa shape index (κ1) is 24.6. The number of amides is 3. The van der Waals surface area contributed by atoms with Crippen molar-refractivity contribution in [3.05, 3.63) is 48.0 Å². The van der Waals surface area contributed by atoms with Crippen molar-refractivity contribution in [1.82, 2.24) is 15.1 Å². The van der Waals surface area contributed by atoms with E-state index in [1.54, 1.807) is 25.7 Å². The molecule has 2 fully saturated rings. The smallest absolute Gasteiger partial charge is 0.411 e. The summed E-state index contributed by atoms with van der Waals surface area (Å²) in [7, 11) is 0. The number of benzene rings is 1. The monoisotopic (exact) mass is 457 g/mol. The summed E-state index contributed by atoms with van der Waals surface area (Å²) in [6.45, 7) is 11.0. The lowest BCUT2D eigenvalue weighted by atomic mass is 9.97. The van der Waals surface area contributed by atoms with E-state index in [1.807, 2.05) is 30.3 Å². The van der Waals surface area contributed by atoms with E-state index in [1.165, 1.54) is 4.90 Å². The third-order valence-corrected chi connectivity index (χ3v) is 5.78. The minimum atomic E-state index is -0.640. The molecule has 3 rings (SSSR count). The van der Waals surface area contributed by atoms with Crippen LogP contribution in [0.4, 0.5) is 9.59 Å². The summed E-state index contributed by atoms with van der Waals surface area (Å²) in [5, 5.41) is 3.07. The highest BCUT2D eigenvalue weighted by Gasteiger charge is 2.37. The van der Waals surface area contributed by atoms with Crippen LogP contribution in [-0.2, 0) is 20.9 Å². The summed E-state index contributed by atoms with van der Waals surface area (Å²) >= 11 is 0. The third-order valence-electron chi connectivity index (χ3n) is 5.78. The Labute approximate surface area is 195 Å². The summed E-state index contributed by atoms with van der Waals surface area (Å²) < 4.78 is 10.9. The van der Waals surface area contributed by atoms with E-state index in [9.17, 15) is 14.4 Å². The zero-order chi connectivity index (χ0) is 24.0. The van der Waals surface area contributed by atoms with Crippen molar-refractivity contribution < 1.29 is 23.9 Å². The molecule has 33 heavy (non-hydrogen) atoms. The molecule has 1 aromatic carbocycles. The zero-order valence-electron chi connectivity index (χ0n) is 19.8. The Morgan fingerprint density at radius 1 is 1.06 bits per heavy atom. The maximum Gasteiger partial charge on any atom is 0.411 e. The second kappa shape index (κ2) is 10.7. The van der Waals surface area contributed by atoms with Crippen molar-refractivity contribution >= 4 is 18.1 Å². The standard InChI is InChI=1S/C25H35N3O5/c1-18-10-11-21(28(16-18)24(31)33-25(2,3)4)22(29)26-20-12-14-27(15-13-20)23(30)32-17-19-8-6-5-7-9-19/h5-9,20-21H,1,10-17H2,2-4H3,(H,26,29)/t21-/m0/s1. The van der Waals surface area contributed by atoms with Gasteiger partial charge in [-0.2, -0.15) is 0 Å². The van der Waals surface area contributed by atoms with Gasteiger partial charge in [-0.25, -0.2) is 9.59 Å². The summed E-state index contributed by atoms with van der Waals surface area (Å²) in [6, 6.07) is 8.92. The summed E-state index contributed by atoms with van der Waals surface area (Å²) in [5.74, 6) is -0.182. The van der Waals surface area contributed by atoms with Gasteiger partial charge in [-0.1, -0.05) is 42.5 Å². The van der Waals surface area contributed by atoms with Crippen molar-refractivity contribution in [3.63, 3.8) is 0 Å². The van der Waals surface area contributed by atoms with E-state index in [2.05, 4.69) is 11.9 Å². The maximum absolute atomic E-state index is 13.0. The molecule has 1 aromatic rings. The number of hydrogen-bond donors (Lipinski definition) is 1. The number of likely N-dealkylation sites (tertiary alicyclic amines) is 2. The molecule has 0 aromatic heterocycles. The molecule has 0 aliphatic carbocycles. The minimum Gasteiger partial charge on any atom is -0.445 e. The SMILES string of the molecule is C=C1CC[C@@H](C(=O)NC2CCN(C(=O)OCc3ccccc3)CC2)N(C(=O)OC(C)(C)C)C1. The van der Waals surface area contributed by atoms with Gasteiger partial charge in [-0.05, 0) is 52.0 Å². The van der Waals surface area contributed by atoms with Crippen LogP contribution in [-0.4, -0.2) is 65.2 Å². The molecule has 2 aliphatic rings. The van der Waals surface area contributed by atoms with Crippen LogP contribution in [0, 0.1) is 0 Å². The van der Waals surface area contributed by atoms with Crippen LogP contribution < -0.4 is 5.32 Å². The molecule has 2 heterocycles. The van der Waals surface area contributed by atoms with Gasteiger partial charge in [0.1, 0.15) is 18.2 Å². The van der Waals surface area contributed by atoms with Crippen LogP contribution in [0.25, 0.3) is 0 Å². The van der Waals surface area contributed by atoms with Crippen LogP contribution in [0.1, 0.15) is 52.0 Å².